The number of nitrogens with one attached hydrogen (secondary N) is 1. The highest BCUT2D eigenvalue weighted by molar-refractivity contribution is 5.86. The summed E-state index contributed by atoms with van der Waals surface area (Å²) in [4.78, 5) is 7.67. The van der Waals surface area contributed by atoms with Crippen LogP contribution < -0.4 is 0 Å². The van der Waals surface area contributed by atoms with E-state index in [0.717, 1.165) is 27.9 Å². The normalized spacial score (nSPS) is 10.3. The van der Waals surface area contributed by atoms with Crippen molar-refractivity contribution in [3.05, 3.63) is 54.2 Å². The molecule has 0 saturated carbocycles. The zero-order chi connectivity index (χ0) is 11.7. The number of aromatic nitrogens is 2. The van der Waals surface area contributed by atoms with Crippen molar-refractivity contribution in [1.82, 2.24) is 9.97 Å². The Labute approximate surface area is 99.3 Å². The van der Waals surface area contributed by atoms with Gasteiger partial charge in [-0.15, -0.1) is 6.42 Å². The summed E-state index contributed by atoms with van der Waals surface area (Å²) in [5.41, 5.74) is 3.68. The molecule has 0 aliphatic carbocycles. The summed E-state index contributed by atoms with van der Waals surface area (Å²) in [6, 6.07) is 13.9. The maximum Gasteiger partial charge on any atom is 0.102 e. The van der Waals surface area contributed by atoms with Gasteiger partial charge in [0.2, 0.25) is 0 Å². The van der Waals surface area contributed by atoms with Crippen LogP contribution in [0.1, 0.15) is 5.56 Å². The first-order valence-corrected chi connectivity index (χ1v) is 5.38. The molecule has 17 heavy (non-hydrogen) atoms. The highest BCUT2D eigenvalue weighted by Crippen LogP contribution is 2.24. The summed E-state index contributed by atoms with van der Waals surface area (Å²) < 4.78 is 0. The minimum absolute atomic E-state index is 0.805. The molecule has 0 aliphatic heterocycles. The lowest BCUT2D eigenvalue weighted by atomic mass is 10.1. The highest BCUT2D eigenvalue weighted by Gasteiger charge is 2.07. The third kappa shape index (κ3) is 1.58. The van der Waals surface area contributed by atoms with E-state index in [9.17, 15) is 0 Å². The molecule has 0 amide bonds. The molecule has 3 aromatic rings. The fourth-order valence-electron chi connectivity index (χ4n) is 1.94. The lowest BCUT2D eigenvalue weighted by Gasteiger charge is -1.99. The van der Waals surface area contributed by atoms with E-state index < -0.39 is 0 Å². The van der Waals surface area contributed by atoms with Gasteiger partial charge in [0.1, 0.15) is 5.69 Å². The molecule has 0 atom stereocenters. The van der Waals surface area contributed by atoms with Crippen molar-refractivity contribution in [2.24, 2.45) is 0 Å². The van der Waals surface area contributed by atoms with Gasteiger partial charge < -0.3 is 4.98 Å². The summed E-state index contributed by atoms with van der Waals surface area (Å²) in [5, 5.41) is 1.16. The largest absolute Gasteiger partial charge is 0.353 e. The summed E-state index contributed by atoms with van der Waals surface area (Å²) in [6.07, 6.45) is 7.23. The Kier molecular flexibility index (Phi) is 2.16. The molecule has 0 saturated heterocycles. The molecular formula is C15H10N2. The first-order valence-electron chi connectivity index (χ1n) is 5.38. The third-order valence-electron chi connectivity index (χ3n) is 2.75. The molecule has 0 bridgehead atoms. The summed E-state index contributed by atoms with van der Waals surface area (Å²) in [6.45, 7) is 0. The van der Waals surface area contributed by atoms with Crippen LogP contribution in [-0.4, -0.2) is 9.97 Å². The van der Waals surface area contributed by atoms with E-state index in [4.69, 9.17) is 6.42 Å². The number of nitrogens with zero attached hydrogens (tertiary/aromatic N) is 1. The van der Waals surface area contributed by atoms with Crippen LogP contribution in [0.3, 0.4) is 0 Å². The van der Waals surface area contributed by atoms with Crippen molar-refractivity contribution in [3.8, 4) is 23.7 Å². The highest BCUT2D eigenvalue weighted by atomic mass is 14.8. The van der Waals surface area contributed by atoms with Gasteiger partial charge in [-0.25, -0.2) is 0 Å². The predicted molar refractivity (Wildman–Crippen MR) is 69.5 cm³/mol. The monoisotopic (exact) mass is 218 g/mol. The zero-order valence-corrected chi connectivity index (χ0v) is 9.14. The molecule has 2 heteroatoms. The standard InChI is InChI=1S/C15H10N2/c1-2-11-7-5-9-16-15(11)14-10-12-6-3-4-8-13(12)17-14/h1,3-10,17H. The number of terminal acetylenes is 1. The Balaban J connectivity index is 2.25. The van der Waals surface area contributed by atoms with Crippen LogP contribution in [0.15, 0.2) is 48.7 Å². The fourth-order valence-corrected chi connectivity index (χ4v) is 1.94. The Hall–Kier alpha value is -2.53. The van der Waals surface area contributed by atoms with Gasteiger partial charge >= 0.3 is 0 Å². The van der Waals surface area contributed by atoms with Gasteiger partial charge in [0, 0.05) is 17.1 Å². The van der Waals surface area contributed by atoms with E-state index >= 15 is 0 Å². The molecule has 0 radical (unpaired) electrons. The molecular weight excluding hydrogens is 208 g/mol. The molecule has 2 aromatic heterocycles. The Morgan fingerprint density at radius 1 is 1.12 bits per heavy atom. The van der Waals surface area contributed by atoms with E-state index in [1.165, 1.54) is 0 Å². The van der Waals surface area contributed by atoms with Crippen LogP contribution in [0.5, 0.6) is 0 Å². The van der Waals surface area contributed by atoms with Crippen molar-refractivity contribution in [3.63, 3.8) is 0 Å². The molecule has 2 nitrogen and oxygen atoms in total. The molecule has 1 aromatic carbocycles. The Bertz CT molecular complexity index is 684. The number of hydrogen-bond donors (Lipinski definition) is 1. The van der Waals surface area contributed by atoms with Crippen molar-refractivity contribution in [2.45, 2.75) is 0 Å². The topological polar surface area (TPSA) is 28.7 Å². The summed E-state index contributed by atoms with van der Waals surface area (Å²) >= 11 is 0. The average molecular weight is 218 g/mol. The first kappa shape index (κ1) is 9.68. The Morgan fingerprint density at radius 2 is 2.00 bits per heavy atom. The quantitative estimate of drug-likeness (QED) is 0.624. The van der Waals surface area contributed by atoms with Gasteiger partial charge in [-0.3, -0.25) is 4.98 Å². The van der Waals surface area contributed by atoms with Gasteiger partial charge in [-0.2, -0.15) is 0 Å². The molecule has 0 aliphatic rings. The smallest absolute Gasteiger partial charge is 0.102 e. The molecule has 80 valence electrons. The van der Waals surface area contributed by atoms with Gasteiger partial charge in [0.15, 0.2) is 0 Å². The third-order valence-corrected chi connectivity index (χ3v) is 2.75. The van der Waals surface area contributed by atoms with Crippen LogP contribution in [0.25, 0.3) is 22.3 Å². The number of H-pyrrole nitrogens is 1. The Morgan fingerprint density at radius 3 is 2.82 bits per heavy atom. The summed E-state index contributed by atoms with van der Waals surface area (Å²) in [5.74, 6) is 2.66. The molecule has 0 fully saturated rings. The number of rotatable bonds is 1. The van der Waals surface area contributed by atoms with E-state index in [2.05, 4.69) is 28.0 Å². The van der Waals surface area contributed by atoms with Crippen LogP contribution in [-0.2, 0) is 0 Å². The lowest BCUT2D eigenvalue weighted by Crippen LogP contribution is -1.87. The number of benzene rings is 1. The second-order valence-electron chi connectivity index (χ2n) is 3.81. The molecule has 0 spiro atoms. The minimum atomic E-state index is 0.805. The number of para-hydroxylation sites is 1. The van der Waals surface area contributed by atoms with Gasteiger partial charge in [0.25, 0.3) is 0 Å². The lowest BCUT2D eigenvalue weighted by molar-refractivity contribution is 1.28. The van der Waals surface area contributed by atoms with Crippen LogP contribution >= 0.6 is 0 Å². The van der Waals surface area contributed by atoms with E-state index in [1.54, 1.807) is 6.20 Å². The second-order valence-corrected chi connectivity index (χ2v) is 3.81. The number of aromatic amines is 1. The van der Waals surface area contributed by atoms with Crippen LogP contribution in [0, 0.1) is 12.3 Å². The van der Waals surface area contributed by atoms with E-state index in [1.807, 2.05) is 30.3 Å². The predicted octanol–water partition coefficient (Wildman–Crippen LogP) is 3.21. The summed E-state index contributed by atoms with van der Waals surface area (Å²) in [7, 11) is 0. The minimum Gasteiger partial charge on any atom is -0.353 e. The van der Waals surface area contributed by atoms with Crippen LogP contribution in [0.2, 0.25) is 0 Å². The SMILES string of the molecule is C#Cc1cccnc1-c1cc2ccccc2[nH]1. The fraction of sp³-hybridized carbons (Fsp3) is 0. The van der Waals surface area contributed by atoms with Crippen molar-refractivity contribution in [1.29, 1.82) is 0 Å². The molecule has 1 N–H and O–H groups in total. The van der Waals surface area contributed by atoms with Gasteiger partial charge in [-0.1, -0.05) is 24.1 Å². The number of hydrogen-bond acceptors (Lipinski definition) is 1. The van der Waals surface area contributed by atoms with E-state index in [0.29, 0.717) is 0 Å². The number of fused-ring (bicyclic) bond motifs is 1. The maximum atomic E-state index is 5.48. The first-order chi connectivity index (χ1) is 8.38. The molecule has 0 unspecified atom stereocenters. The van der Waals surface area contributed by atoms with Gasteiger partial charge in [0.05, 0.1) is 11.3 Å². The van der Waals surface area contributed by atoms with E-state index in [-0.39, 0.29) is 0 Å². The van der Waals surface area contributed by atoms with Gasteiger partial charge in [-0.05, 0) is 24.3 Å². The zero-order valence-electron chi connectivity index (χ0n) is 9.14. The average Bonchev–Trinajstić information content (AvgIpc) is 2.82. The molecule has 3 rings (SSSR count). The number of pyridine rings is 1. The van der Waals surface area contributed by atoms with Crippen molar-refractivity contribution >= 4 is 10.9 Å². The van der Waals surface area contributed by atoms with Crippen molar-refractivity contribution in [2.75, 3.05) is 0 Å². The second kappa shape index (κ2) is 3.80. The van der Waals surface area contributed by atoms with Crippen LogP contribution in [0.4, 0.5) is 0 Å². The molecule has 2 heterocycles. The van der Waals surface area contributed by atoms with Crippen molar-refractivity contribution < 1.29 is 0 Å². The maximum absolute atomic E-state index is 5.48.